The monoisotopic (exact) mass is 595 g/mol. The van der Waals surface area contributed by atoms with Crippen LogP contribution in [0.25, 0.3) is 0 Å². The lowest BCUT2D eigenvalue weighted by Gasteiger charge is -2.26. The maximum absolute atomic E-state index is 13.4. The topological polar surface area (TPSA) is 122 Å². The molecule has 1 N–H and O–H groups in total. The van der Waals surface area contributed by atoms with E-state index >= 15 is 0 Å². The molecule has 3 aromatic carbocycles. The van der Waals surface area contributed by atoms with E-state index in [1.54, 1.807) is 0 Å². The first-order valence-electron chi connectivity index (χ1n) is 13.5. The smallest absolute Gasteiger partial charge is 0.261 e. The number of anilines is 1. The van der Waals surface area contributed by atoms with Crippen molar-refractivity contribution < 1.29 is 36.7 Å². The van der Waals surface area contributed by atoms with E-state index in [4.69, 9.17) is 9.47 Å². The first-order chi connectivity index (χ1) is 20.0. The van der Waals surface area contributed by atoms with Crippen molar-refractivity contribution in [2.24, 2.45) is 5.92 Å². The summed E-state index contributed by atoms with van der Waals surface area (Å²) in [4.78, 5) is 40.3. The van der Waals surface area contributed by atoms with E-state index in [0.29, 0.717) is 12.3 Å². The average molecular weight is 596 g/mol. The van der Waals surface area contributed by atoms with Gasteiger partial charge in [-0.2, -0.15) is 4.31 Å². The number of amides is 3. The number of nitrogens with zero attached hydrogens (tertiary/aromatic N) is 2. The summed E-state index contributed by atoms with van der Waals surface area (Å²) >= 11 is 0. The number of sulfonamides is 1. The molecule has 3 aromatic rings. The van der Waals surface area contributed by atoms with E-state index in [2.05, 4.69) is 5.32 Å². The molecular formula is C30H30FN3O7S. The number of ether oxygens (including phenoxy) is 2. The lowest BCUT2D eigenvalue weighted by Crippen LogP contribution is -2.40. The van der Waals surface area contributed by atoms with Gasteiger partial charge in [0.1, 0.15) is 11.6 Å². The minimum Gasteiger partial charge on any atom is -0.455 e. The fourth-order valence-electron chi connectivity index (χ4n) is 4.64. The molecule has 2 heterocycles. The van der Waals surface area contributed by atoms with Crippen molar-refractivity contribution in [2.75, 3.05) is 38.2 Å². The predicted molar refractivity (Wildman–Crippen MR) is 152 cm³/mol. The van der Waals surface area contributed by atoms with Crippen LogP contribution in [-0.4, -0.2) is 68.2 Å². The quantitative estimate of drug-likeness (QED) is 0.361. The number of morpholine rings is 1. The number of hydrogen-bond acceptors (Lipinski definition) is 7. The highest BCUT2D eigenvalue weighted by atomic mass is 32.2. The summed E-state index contributed by atoms with van der Waals surface area (Å²) in [6.45, 7) is 5.18. The maximum atomic E-state index is 13.4. The molecule has 0 unspecified atom stereocenters. The molecule has 0 bridgehead atoms. The minimum absolute atomic E-state index is 0.0418. The molecule has 12 heteroatoms. The minimum atomic E-state index is -3.91. The first-order valence-corrected chi connectivity index (χ1v) is 15.0. The van der Waals surface area contributed by atoms with E-state index in [1.165, 1.54) is 69.9 Å². The summed E-state index contributed by atoms with van der Waals surface area (Å²) in [6, 6.07) is 13.5. The Labute approximate surface area is 243 Å². The second-order valence-corrected chi connectivity index (χ2v) is 12.3. The van der Waals surface area contributed by atoms with Crippen LogP contribution in [0.15, 0.2) is 65.6 Å². The van der Waals surface area contributed by atoms with Gasteiger partial charge in [0.2, 0.25) is 10.0 Å². The van der Waals surface area contributed by atoms with Crippen LogP contribution in [0.2, 0.25) is 0 Å². The van der Waals surface area contributed by atoms with Crippen LogP contribution in [0.3, 0.4) is 0 Å². The number of nitrogens with one attached hydrogen (secondary N) is 1. The van der Waals surface area contributed by atoms with Crippen LogP contribution in [0, 0.1) is 11.7 Å². The molecule has 2 aliphatic rings. The van der Waals surface area contributed by atoms with Crippen molar-refractivity contribution in [3.05, 3.63) is 83.2 Å². The number of fused-ring (bicyclic) bond motifs is 1. The summed E-state index contributed by atoms with van der Waals surface area (Å²) in [5, 5.41) is 2.69. The predicted octanol–water partition coefficient (Wildman–Crippen LogP) is 4.53. The molecule has 42 heavy (non-hydrogen) atoms. The fourth-order valence-corrected chi connectivity index (χ4v) is 6.07. The average Bonchev–Trinajstić information content (AvgIpc) is 3.22. The normalized spacial score (nSPS) is 15.7. The largest absolute Gasteiger partial charge is 0.455 e. The zero-order chi connectivity index (χ0) is 30.0. The molecule has 0 spiro atoms. The Bertz CT molecular complexity index is 1640. The third kappa shape index (κ3) is 6.06. The standard InChI is InChI=1S/C30H30FN3O7S/c1-19(2)11-12-34-29(36)24-9-3-20(17-25(24)30(34)37)28(35)32-26-18-23(42(38,39)33-13-15-40-16-14-33)8-10-27(26)41-22-6-4-21(31)5-7-22/h3-10,17-19H,11-16H2,1-2H3,(H,32,35). The van der Waals surface area contributed by atoms with Crippen LogP contribution in [0.5, 0.6) is 11.5 Å². The molecule has 1 saturated heterocycles. The fraction of sp³-hybridized carbons (Fsp3) is 0.300. The Balaban J connectivity index is 1.45. The van der Waals surface area contributed by atoms with E-state index in [1.807, 2.05) is 13.8 Å². The molecule has 10 nitrogen and oxygen atoms in total. The molecule has 0 aromatic heterocycles. The lowest BCUT2D eigenvalue weighted by atomic mass is 10.1. The van der Waals surface area contributed by atoms with Gasteiger partial charge in [-0.1, -0.05) is 13.8 Å². The molecule has 1 fully saturated rings. The highest BCUT2D eigenvalue weighted by Crippen LogP contribution is 2.34. The van der Waals surface area contributed by atoms with Crippen LogP contribution < -0.4 is 10.1 Å². The second-order valence-electron chi connectivity index (χ2n) is 10.4. The number of imide groups is 1. The molecule has 0 radical (unpaired) electrons. The summed E-state index contributed by atoms with van der Waals surface area (Å²) in [6.07, 6.45) is 0.652. The third-order valence-electron chi connectivity index (χ3n) is 7.01. The molecule has 0 aliphatic carbocycles. The van der Waals surface area contributed by atoms with Crippen molar-refractivity contribution in [1.82, 2.24) is 9.21 Å². The van der Waals surface area contributed by atoms with Gasteiger partial charge in [0, 0.05) is 25.2 Å². The number of rotatable bonds is 9. The number of carbonyl (C=O) groups is 3. The summed E-state index contributed by atoms with van der Waals surface area (Å²) in [7, 11) is -3.91. The molecule has 0 atom stereocenters. The van der Waals surface area contributed by atoms with Crippen LogP contribution in [0.4, 0.5) is 10.1 Å². The molecule has 5 rings (SSSR count). The van der Waals surface area contributed by atoms with Gasteiger partial charge in [-0.25, -0.2) is 12.8 Å². The third-order valence-corrected chi connectivity index (χ3v) is 8.91. The Morgan fingerprint density at radius 2 is 1.67 bits per heavy atom. The van der Waals surface area contributed by atoms with E-state index in [0.717, 1.165) is 0 Å². The highest BCUT2D eigenvalue weighted by molar-refractivity contribution is 7.89. The zero-order valence-corrected chi connectivity index (χ0v) is 23.9. The van der Waals surface area contributed by atoms with Gasteiger partial charge < -0.3 is 14.8 Å². The molecule has 220 valence electrons. The number of carbonyl (C=O) groups excluding carboxylic acids is 3. The summed E-state index contributed by atoms with van der Waals surface area (Å²) < 4.78 is 52.5. The second kappa shape index (κ2) is 12.0. The highest BCUT2D eigenvalue weighted by Gasteiger charge is 2.36. The van der Waals surface area contributed by atoms with Gasteiger partial charge in [-0.15, -0.1) is 0 Å². The Hall–Kier alpha value is -4.13. The van der Waals surface area contributed by atoms with Gasteiger partial charge >= 0.3 is 0 Å². The number of halogens is 1. The zero-order valence-electron chi connectivity index (χ0n) is 23.1. The molecule has 3 amide bonds. The molecule has 0 saturated carbocycles. The number of hydrogen-bond donors (Lipinski definition) is 1. The van der Waals surface area contributed by atoms with Crippen molar-refractivity contribution >= 4 is 33.4 Å². The lowest BCUT2D eigenvalue weighted by molar-refractivity contribution is 0.0647. The summed E-state index contributed by atoms with van der Waals surface area (Å²) in [5.41, 5.74) is 0.483. The van der Waals surface area contributed by atoms with Crippen molar-refractivity contribution in [3.63, 3.8) is 0 Å². The van der Waals surface area contributed by atoms with Gasteiger partial charge in [0.15, 0.2) is 5.75 Å². The SMILES string of the molecule is CC(C)CCN1C(=O)c2ccc(C(=O)Nc3cc(S(=O)(=O)N4CCOCC4)ccc3Oc3ccc(F)cc3)cc2C1=O. The van der Waals surface area contributed by atoms with E-state index in [9.17, 15) is 27.2 Å². The van der Waals surface area contributed by atoms with E-state index < -0.39 is 33.6 Å². The Kier molecular flexibility index (Phi) is 8.39. The molecular weight excluding hydrogens is 565 g/mol. The maximum Gasteiger partial charge on any atom is 0.261 e. The van der Waals surface area contributed by atoms with Gasteiger partial charge in [0.25, 0.3) is 17.7 Å². The van der Waals surface area contributed by atoms with Crippen LogP contribution in [-0.2, 0) is 14.8 Å². The van der Waals surface area contributed by atoms with Crippen molar-refractivity contribution in [2.45, 2.75) is 25.2 Å². The van der Waals surface area contributed by atoms with Crippen LogP contribution >= 0.6 is 0 Å². The van der Waals surface area contributed by atoms with Crippen LogP contribution in [0.1, 0.15) is 51.3 Å². The summed E-state index contributed by atoms with van der Waals surface area (Å²) in [5.74, 6) is -1.31. The van der Waals surface area contributed by atoms with Gasteiger partial charge in [-0.05, 0) is 73.0 Å². The van der Waals surface area contributed by atoms with Gasteiger partial charge in [0.05, 0.1) is 34.9 Å². The van der Waals surface area contributed by atoms with Crippen molar-refractivity contribution in [3.8, 4) is 11.5 Å². The molecule has 2 aliphatic heterocycles. The van der Waals surface area contributed by atoms with E-state index in [-0.39, 0.29) is 71.6 Å². The Morgan fingerprint density at radius 3 is 2.36 bits per heavy atom. The number of benzene rings is 3. The first kappa shape index (κ1) is 29.4. The van der Waals surface area contributed by atoms with Crippen molar-refractivity contribution in [1.29, 1.82) is 0 Å². The van der Waals surface area contributed by atoms with Gasteiger partial charge in [-0.3, -0.25) is 19.3 Å². The Morgan fingerprint density at radius 1 is 0.976 bits per heavy atom.